The van der Waals surface area contributed by atoms with Gasteiger partial charge in [0.15, 0.2) is 5.65 Å². The van der Waals surface area contributed by atoms with Crippen molar-refractivity contribution in [2.45, 2.75) is 13.0 Å². The second-order valence-electron chi connectivity index (χ2n) is 7.59. The number of nitrogens with two attached hydrogens (primary N) is 1. The average molecular weight is 452 g/mol. The Bertz CT molecular complexity index is 1490. The number of nitrogen functional groups attached to an aromatic ring is 1. The highest BCUT2D eigenvalue weighted by Gasteiger charge is 2.18. The van der Waals surface area contributed by atoms with E-state index >= 15 is 4.39 Å². The molecule has 6 nitrogen and oxygen atoms in total. The van der Waals surface area contributed by atoms with Crippen LogP contribution in [0.5, 0.6) is 0 Å². The first-order chi connectivity index (χ1) is 15.8. The Labute approximate surface area is 184 Å². The number of aromatic nitrogens is 5. The van der Waals surface area contributed by atoms with Gasteiger partial charge in [0.25, 0.3) is 0 Å². The van der Waals surface area contributed by atoms with Gasteiger partial charge in [0.05, 0.1) is 12.2 Å². The zero-order valence-corrected chi connectivity index (χ0v) is 17.2. The number of anilines is 1. The van der Waals surface area contributed by atoms with Gasteiger partial charge in [-0.2, -0.15) is 10.1 Å². The van der Waals surface area contributed by atoms with Crippen molar-refractivity contribution in [1.29, 1.82) is 0 Å². The molecule has 5 rings (SSSR count). The Kier molecular flexibility index (Phi) is 4.85. The number of halogens is 4. The second-order valence-corrected chi connectivity index (χ2v) is 7.59. The fraction of sp³-hybridized carbons (Fsp3) is 0.0870. The molecule has 2 aromatic carbocycles. The first-order valence-electron chi connectivity index (χ1n) is 9.90. The van der Waals surface area contributed by atoms with Gasteiger partial charge in [0.1, 0.15) is 23.3 Å². The van der Waals surface area contributed by atoms with Crippen LogP contribution in [-0.4, -0.2) is 24.4 Å². The maximum Gasteiger partial charge on any atom is 0.240 e. The Balaban J connectivity index is 1.55. The molecule has 33 heavy (non-hydrogen) atoms. The van der Waals surface area contributed by atoms with Gasteiger partial charge in [0.2, 0.25) is 5.95 Å². The summed E-state index contributed by atoms with van der Waals surface area (Å²) < 4.78 is 60.0. The number of hydrogen-bond donors (Lipinski definition) is 1. The number of benzene rings is 2. The van der Waals surface area contributed by atoms with Crippen LogP contribution in [0.4, 0.5) is 23.5 Å². The molecule has 5 aromatic rings. The molecule has 0 spiro atoms. The fourth-order valence-electron chi connectivity index (χ4n) is 3.73. The third-order valence-corrected chi connectivity index (χ3v) is 5.38. The van der Waals surface area contributed by atoms with Gasteiger partial charge in [0, 0.05) is 35.2 Å². The fourth-order valence-corrected chi connectivity index (χ4v) is 3.73. The van der Waals surface area contributed by atoms with E-state index in [4.69, 9.17) is 5.73 Å². The van der Waals surface area contributed by atoms with Crippen molar-refractivity contribution in [2.75, 3.05) is 5.73 Å². The summed E-state index contributed by atoms with van der Waals surface area (Å²) in [4.78, 5) is 4.04. The van der Waals surface area contributed by atoms with E-state index in [2.05, 4.69) is 15.2 Å². The lowest BCUT2D eigenvalue weighted by Gasteiger charge is -2.13. The molecule has 1 atom stereocenters. The molecule has 0 fully saturated rings. The van der Waals surface area contributed by atoms with Crippen molar-refractivity contribution in [3.05, 3.63) is 89.9 Å². The molecule has 3 aromatic heterocycles. The Morgan fingerprint density at radius 1 is 0.879 bits per heavy atom. The van der Waals surface area contributed by atoms with Crippen LogP contribution in [0, 0.1) is 23.3 Å². The number of nitrogens with zero attached hydrogens (tertiary/aromatic N) is 5. The molecule has 0 bridgehead atoms. The van der Waals surface area contributed by atoms with Gasteiger partial charge in [-0.1, -0.05) is 0 Å². The summed E-state index contributed by atoms with van der Waals surface area (Å²) in [7, 11) is 0. The van der Waals surface area contributed by atoms with Crippen LogP contribution in [0.2, 0.25) is 0 Å². The maximum absolute atomic E-state index is 15.5. The van der Waals surface area contributed by atoms with Crippen molar-refractivity contribution in [3.63, 3.8) is 0 Å². The summed E-state index contributed by atoms with van der Waals surface area (Å²) >= 11 is 0. The van der Waals surface area contributed by atoms with E-state index in [-0.39, 0.29) is 17.1 Å². The predicted molar refractivity (Wildman–Crippen MR) is 114 cm³/mol. The summed E-state index contributed by atoms with van der Waals surface area (Å²) in [6.45, 7) is 1.69. The molecule has 0 saturated carbocycles. The first-order valence-corrected chi connectivity index (χ1v) is 9.90. The van der Waals surface area contributed by atoms with Crippen LogP contribution in [0.25, 0.3) is 27.9 Å². The van der Waals surface area contributed by atoms with E-state index in [9.17, 15) is 13.2 Å². The van der Waals surface area contributed by atoms with Crippen LogP contribution in [0.1, 0.15) is 18.5 Å². The maximum atomic E-state index is 15.5. The lowest BCUT2D eigenvalue weighted by molar-refractivity contribution is 0.539. The van der Waals surface area contributed by atoms with Gasteiger partial charge >= 0.3 is 0 Å². The topological polar surface area (TPSA) is 74.0 Å². The summed E-state index contributed by atoms with van der Waals surface area (Å²) in [5.41, 5.74) is 7.06. The van der Waals surface area contributed by atoms with Crippen molar-refractivity contribution in [3.8, 4) is 22.3 Å². The molecular weight excluding hydrogens is 436 g/mol. The molecule has 0 radical (unpaired) electrons. The molecule has 0 unspecified atom stereocenters. The van der Waals surface area contributed by atoms with E-state index in [1.165, 1.54) is 33.7 Å². The monoisotopic (exact) mass is 452 g/mol. The highest BCUT2D eigenvalue weighted by atomic mass is 19.1. The standard InChI is InChI=1S/C23H16F4N6/c1-12(14-4-16(24)7-17(25)5-14)33-11-15(10-29-33)20-9-18(26)8-19(22(20)27)13-2-3-32-21(6-13)30-23(28)31-32/h2-12H,1H3,(H2,28,31)/t12-/m1/s1. The summed E-state index contributed by atoms with van der Waals surface area (Å²) in [5, 5.41) is 8.16. The Morgan fingerprint density at radius 2 is 1.55 bits per heavy atom. The highest BCUT2D eigenvalue weighted by molar-refractivity contribution is 5.75. The van der Waals surface area contributed by atoms with E-state index in [1.807, 2.05) is 0 Å². The summed E-state index contributed by atoms with van der Waals surface area (Å²) in [6, 6.07) is 7.92. The van der Waals surface area contributed by atoms with Crippen LogP contribution in [0.15, 0.2) is 61.1 Å². The van der Waals surface area contributed by atoms with Gasteiger partial charge in [-0.15, -0.1) is 5.10 Å². The minimum absolute atomic E-state index is 0.00488. The molecule has 0 aliphatic rings. The molecule has 0 aliphatic heterocycles. The van der Waals surface area contributed by atoms with Crippen LogP contribution in [-0.2, 0) is 0 Å². The van der Waals surface area contributed by atoms with Crippen LogP contribution < -0.4 is 5.73 Å². The molecule has 10 heteroatoms. The van der Waals surface area contributed by atoms with Gasteiger partial charge in [-0.3, -0.25) is 4.68 Å². The lowest BCUT2D eigenvalue weighted by Crippen LogP contribution is -2.07. The third-order valence-electron chi connectivity index (χ3n) is 5.38. The summed E-state index contributed by atoms with van der Waals surface area (Å²) in [6.07, 6.45) is 4.42. The minimum atomic E-state index is -0.712. The Hall–Kier alpha value is -4.21. The normalized spacial score (nSPS) is 12.4. The second kappa shape index (κ2) is 7.73. The molecule has 0 aliphatic carbocycles. The van der Waals surface area contributed by atoms with Gasteiger partial charge in [-0.25, -0.2) is 22.1 Å². The van der Waals surface area contributed by atoms with Crippen molar-refractivity contribution in [2.24, 2.45) is 0 Å². The zero-order chi connectivity index (χ0) is 23.3. The zero-order valence-electron chi connectivity index (χ0n) is 17.2. The first kappa shape index (κ1) is 20.7. The molecule has 0 saturated heterocycles. The SMILES string of the molecule is C[C@H](c1cc(F)cc(F)c1)n1cc(-c2cc(F)cc(-c3ccn4nc(N)nc4c3)c2F)cn1. The molecule has 3 heterocycles. The number of fused-ring (bicyclic) bond motifs is 1. The highest BCUT2D eigenvalue weighted by Crippen LogP contribution is 2.33. The van der Waals surface area contributed by atoms with Gasteiger partial charge in [-0.05, 0) is 54.4 Å². The van der Waals surface area contributed by atoms with Crippen LogP contribution in [0.3, 0.4) is 0 Å². The van der Waals surface area contributed by atoms with Crippen molar-refractivity contribution < 1.29 is 17.6 Å². The lowest BCUT2D eigenvalue weighted by atomic mass is 10.00. The van der Waals surface area contributed by atoms with E-state index < -0.39 is 29.3 Å². The minimum Gasteiger partial charge on any atom is -0.366 e. The summed E-state index contributed by atoms with van der Waals surface area (Å²) in [5.74, 6) is -2.66. The van der Waals surface area contributed by atoms with Gasteiger partial charge < -0.3 is 5.73 Å². The predicted octanol–water partition coefficient (Wildman–Crippen LogP) is 5.01. The molecule has 2 N–H and O–H groups in total. The van der Waals surface area contributed by atoms with E-state index in [0.29, 0.717) is 22.3 Å². The molecule has 166 valence electrons. The Morgan fingerprint density at radius 3 is 2.27 bits per heavy atom. The third kappa shape index (κ3) is 3.79. The number of pyridine rings is 1. The number of hydrogen-bond acceptors (Lipinski definition) is 4. The van der Waals surface area contributed by atoms with E-state index in [1.54, 1.807) is 25.3 Å². The molecular formula is C23H16F4N6. The quantitative estimate of drug-likeness (QED) is 0.389. The molecule has 0 amide bonds. The van der Waals surface area contributed by atoms with Crippen molar-refractivity contribution >= 4 is 11.6 Å². The largest absolute Gasteiger partial charge is 0.366 e. The number of rotatable bonds is 4. The van der Waals surface area contributed by atoms with Crippen LogP contribution >= 0.6 is 0 Å². The van der Waals surface area contributed by atoms with Crippen molar-refractivity contribution in [1.82, 2.24) is 24.4 Å². The van der Waals surface area contributed by atoms with E-state index in [0.717, 1.165) is 18.2 Å². The average Bonchev–Trinajstić information content (AvgIpc) is 3.39. The smallest absolute Gasteiger partial charge is 0.240 e.